The largest absolute Gasteiger partial charge is 0.383 e. The Hall–Kier alpha value is -2.48. The lowest BCUT2D eigenvalue weighted by atomic mass is 10.4. The minimum Gasteiger partial charge on any atom is -0.383 e. The molecular formula is C13H14N6OS. The molecule has 0 aliphatic rings. The molecule has 0 saturated heterocycles. The zero-order valence-corrected chi connectivity index (χ0v) is 12.5. The van der Waals surface area contributed by atoms with Crippen molar-refractivity contribution >= 4 is 33.1 Å². The van der Waals surface area contributed by atoms with E-state index in [0.717, 1.165) is 15.9 Å². The molecule has 0 aromatic carbocycles. The summed E-state index contributed by atoms with van der Waals surface area (Å²) in [5.74, 6) is 0.906. The van der Waals surface area contributed by atoms with Crippen LogP contribution in [-0.4, -0.2) is 33.8 Å². The summed E-state index contributed by atoms with van der Waals surface area (Å²) in [7, 11) is 3.71. The maximum atomic E-state index is 12.0. The van der Waals surface area contributed by atoms with Gasteiger partial charge in [-0.25, -0.2) is 14.6 Å². The normalized spacial score (nSPS) is 11.0. The van der Waals surface area contributed by atoms with E-state index in [-0.39, 0.29) is 12.1 Å². The highest BCUT2D eigenvalue weighted by Crippen LogP contribution is 2.22. The maximum absolute atomic E-state index is 12.0. The van der Waals surface area contributed by atoms with Crippen LogP contribution < -0.4 is 16.2 Å². The molecule has 3 aromatic rings. The predicted octanol–water partition coefficient (Wildman–Crippen LogP) is 0.944. The number of nitrogens with zero attached hydrogens (tertiary/aromatic N) is 5. The van der Waals surface area contributed by atoms with Crippen LogP contribution in [0.2, 0.25) is 0 Å². The zero-order chi connectivity index (χ0) is 15.0. The Morgan fingerprint density at radius 2 is 2.19 bits per heavy atom. The minimum atomic E-state index is -0.199. The first kappa shape index (κ1) is 13.5. The van der Waals surface area contributed by atoms with Crippen LogP contribution in [0.15, 0.2) is 28.5 Å². The van der Waals surface area contributed by atoms with Gasteiger partial charge in [-0.05, 0) is 11.4 Å². The number of thiophene rings is 1. The van der Waals surface area contributed by atoms with E-state index in [2.05, 4.69) is 15.1 Å². The van der Waals surface area contributed by atoms with Crippen molar-refractivity contribution in [1.29, 1.82) is 0 Å². The number of rotatable bonds is 3. The standard InChI is InChI=1S/C13H14N6OS/c1-18(2)8-5-11(20)19(15-6-8)7-10-16-12(14)9-3-4-21-13(9)17-10/h3-6H,7H2,1-2H3,(H2,14,16,17). The highest BCUT2D eigenvalue weighted by molar-refractivity contribution is 7.16. The smallest absolute Gasteiger partial charge is 0.269 e. The number of nitrogens with two attached hydrogens (primary N) is 1. The summed E-state index contributed by atoms with van der Waals surface area (Å²) in [6.45, 7) is 0.199. The SMILES string of the molecule is CN(C)c1cnn(Cc2nc(N)c3ccsc3n2)c(=O)c1. The second kappa shape index (κ2) is 5.13. The van der Waals surface area contributed by atoms with E-state index in [0.29, 0.717) is 11.6 Å². The topological polar surface area (TPSA) is 89.9 Å². The molecule has 0 unspecified atom stereocenters. The van der Waals surface area contributed by atoms with Crippen molar-refractivity contribution in [2.24, 2.45) is 0 Å². The first-order valence-corrected chi connectivity index (χ1v) is 7.16. The van der Waals surface area contributed by atoms with Gasteiger partial charge in [0, 0.05) is 20.2 Å². The summed E-state index contributed by atoms with van der Waals surface area (Å²) in [6, 6.07) is 3.41. The average molecular weight is 302 g/mol. The molecule has 0 fully saturated rings. The highest BCUT2D eigenvalue weighted by atomic mass is 32.1. The second-order valence-electron chi connectivity index (χ2n) is 4.77. The Bertz CT molecular complexity index is 853. The Labute approximate surface area is 124 Å². The van der Waals surface area contributed by atoms with Crippen LogP contribution in [0, 0.1) is 0 Å². The van der Waals surface area contributed by atoms with Gasteiger partial charge < -0.3 is 10.6 Å². The molecule has 0 bridgehead atoms. The number of hydrogen-bond acceptors (Lipinski definition) is 7. The molecule has 3 rings (SSSR count). The van der Waals surface area contributed by atoms with Crippen molar-refractivity contribution in [3.63, 3.8) is 0 Å². The summed E-state index contributed by atoms with van der Waals surface area (Å²) >= 11 is 1.49. The van der Waals surface area contributed by atoms with Gasteiger partial charge in [-0.15, -0.1) is 11.3 Å². The van der Waals surface area contributed by atoms with E-state index in [1.165, 1.54) is 22.1 Å². The van der Waals surface area contributed by atoms with E-state index in [1.54, 1.807) is 6.20 Å². The van der Waals surface area contributed by atoms with Crippen molar-refractivity contribution in [3.8, 4) is 0 Å². The molecule has 21 heavy (non-hydrogen) atoms. The second-order valence-corrected chi connectivity index (χ2v) is 5.66. The molecule has 0 radical (unpaired) electrons. The molecular weight excluding hydrogens is 288 g/mol. The van der Waals surface area contributed by atoms with Gasteiger partial charge in [0.25, 0.3) is 5.56 Å². The third kappa shape index (κ3) is 2.57. The zero-order valence-electron chi connectivity index (χ0n) is 11.6. The van der Waals surface area contributed by atoms with Crippen LogP contribution in [0.3, 0.4) is 0 Å². The van der Waals surface area contributed by atoms with E-state index < -0.39 is 0 Å². The van der Waals surface area contributed by atoms with Crippen LogP contribution in [0.5, 0.6) is 0 Å². The molecule has 0 saturated carbocycles. The quantitative estimate of drug-likeness (QED) is 0.774. The van der Waals surface area contributed by atoms with Crippen molar-refractivity contribution in [1.82, 2.24) is 19.7 Å². The van der Waals surface area contributed by atoms with E-state index >= 15 is 0 Å². The molecule has 0 aliphatic heterocycles. The van der Waals surface area contributed by atoms with Crippen LogP contribution >= 0.6 is 11.3 Å². The Morgan fingerprint density at radius 1 is 1.38 bits per heavy atom. The van der Waals surface area contributed by atoms with Gasteiger partial charge in [0.2, 0.25) is 0 Å². The lowest BCUT2D eigenvalue weighted by Gasteiger charge is -2.12. The maximum Gasteiger partial charge on any atom is 0.269 e. The number of aromatic nitrogens is 4. The molecule has 0 aliphatic carbocycles. The fraction of sp³-hybridized carbons (Fsp3) is 0.231. The summed E-state index contributed by atoms with van der Waals surface area (Å²) in [5.41, 5.74) is 6.45. The molecule has 0 spiro atoms. The lowest BCUT2D eigenvalue weighted by Crippen LogP contribution is -2.25. The number of fused-ring (bicyclic) bond motifs is 1. The van der Waals surface area contributed by atoms with Gasteiger partial charge in [0.05, 0.1) is 17.3 Å². The molecule has 3 aromatic heterocycles. The van der Waals surface area contributed by atoms with E-state index in [4.69, 9.17) is 5.73 Å². The molecule has 0 atom stereocenters. The Balaban J connectivity index is 1.96. The first-order chi connectivity index (χ1) is 10.0. The summed E-state index contributed by atoms with van der Waals surface area (Å²) in [6.07, 6.45) is 1.63. The first-order valence-electron chi connectivity index (χ1n) is 6.28. The summed E-state index contributed by atoms with van der Waals surface area (Å²) in [5, 5.41) is 6.89. The number of nitrogen functional groups attached to an aromatic ring is 1. The molecule has 0 amide bonds. The van der Waals surface area contributed by atoms with Gasteiger partial charge >= 0.3 is 0 Å². The van der Waals surface area contributed by atoms with Crippen LogP contribution in [0.4, 0.5) is 11.5 Å². The van der Waals surface area contributed by atoms with Crippen LogP contribution in [-0.2, 0) is 6.54 Å². The summed E-state index contributed by atoms with van der Waals surface area (Å²) in [4.78, 5) is 23.3. The van der Waals surface area contributed by atoms with Gasteiger partial charge in [-0.1, -0.05) is 0 Å². The van der Waals surface area contributed by atoms with Crippen molar-refractivity contribution < 1.29 is 0 Å². The Kier molecular flexibility index (Phi) is 3.30. The van der Waals surface area contributed by atoms with Gasteiger partial charge in [0.15, 0.2) is 5.82 Å². The fourth-order valence-electron chi connectivity index (χ4n) is 1.92. The fourth-order valence-corrected chi connectivity index (χ4v) is 2.71. The van der Waals surface area contributed by atoms with Crippen molar-refractivity contribution in [2.45, 2.75) is 6.54 Å². The van der Waals surface area contributed by atoms with Gasteiger partial charge in [-0.3, -0.25) is 4.79 Å². The average Bonchev–Trinajstić information content (AvgIpc) is 2.89. The van der Waals surface area contributed by atoms with Crippen molar-refractivity contribution in [2.75, 3.05) is 24.7 Å². The molecule has 8 heteroatoms. The molecule has 2 N–H and O–H groups in total. The lowest BCUT2D eigenvalue weighted by molar-refractivity contribution is 0.616. The summed E-state index contributed by atoms with van der Waals surface area (Å²) < 4.78 is 1.32. The van der Waals surface area contributed by atoms with Crippen LogP contribution in [0.1, 0.15) is 5.82 Å². The number of anilines is 2. The van der Waals surface area contributed by atoms with E-state index in [1.807, 2.05) is 30.4 Å². The van der Waals surface area contributed by atoms with Gasteiger partial charge in [0.1, 0.15) is 17.2 Å². The highest BCUT2D eigenvalue weighted by Gasteiger charge is 2.09. The predicted molar refractivity (Wildman–Crippen MR) is 83.8 cm³/mol. The molecule has 7 nitrogen and oxygen atoms in total. The van der Waals surface area contributed by atoms with Crippen molar-refractivity contribution in [3.05, 3.63) is 39.9 Å². The van der Waals surface area contributed by atoms with Crippen LogP contribution in [0.25, 0.3) is 10.2 Å². The minimum absolute atomic E-state index is 0.199. The monoisotopic (exact) mass is 302 g/mol. The third-order valence-electron chi connectivity index (χ3n) is 3.06. The third-order valence-corrected chi connectivity index (χ3v) is 3.87. The molecule has 3 heterocycles. The van der Waals surface area contributed by atoms with E-state index in [9.17, 15) is 4.79 Å². The number of hydrogen-bond donors (Lipinski definition) is 1. The van der Waals surface area contributed by atoms with Gasteiger partial charge in [-0.2, -0.15) is 5.10 Å². The Morgan fingerprint density at radius 3 is 2.90 bits per heavy atom. The molecule has 108 valence electrons.